The summed E-state index contributed by atoms with van der Waals surface area (Å²) in [5, 5.41) is 2.54. The first kappa shape index (κ1) is 15.3. The van der Waals surface area contributed by atoms with Crippen LogP contribution >= 0.6 is 0 Å². The molecule has 0 spiro atoms. The third-order valence-electron chi connectivity index (χ3n) is 1.56. The van der Waals surface area contributed by atoms with E-state index in [9.17, 15) is 4.79 Å². The quantitative estimate of drug-likeness (QED) is 0.593. The topological polar surface area (TPSA) is 47.6 Å². The molecule has 0 aliphatic heterocycles. The molecule has 98 valence electrons. The van der Waals surface area contributed by atoms with E-state index in [1.165, 1.54) is 6.26 Å². The Kier molecular flexibility index (Phi) is 6.10. The molecular weight excluding hydrogens is 218 g/mol. The molecule has 0 bridgehead atoms. The van der Waals surface area contributed by atoms with Crippen molar-refractivity contribution in [2.45, 2.75) is 33.3 Å². The van der Waals surface area contributed by atoms with Crippen molar-refractivity contribution in [3.63, 3.8) is 0 Å². The molecule has 0 aliphatic rings. The molecule has 0 saturated carbocycles. The zero-order chi connectivity index (χ0) is 13.5. The molecule has 0 rings (SSSR count). The Bertz CT molecular complexity index is 330. The largest absolute Gasteiger partial charge is 0.468 e. The van der Waals surface area contributed by atoms with Crippen LogP contribution in [0.5, 0.6) is 0 Å². The SMILES string of the molecule is C=CC(C)=COC(=C)CNC(=O)OC(C)(C)C.[HH]. The highest BCUT2D eigenvalue weighted by Gasteiger charge is 2.15. The van der Waals surface area contributed by atoms with Crippen LogP contribution in [0.15, 0.2) is 36.8 Å². The number of hydrogen-bond acceptors (Lipinski definition) is 3. The molecule has 0 unspecified atom stereocenters. The lowest BCUT2D eigenvalue weighted by atomic mass is 10.2. The van der Waals surface area contributed by atoms with Gasteiger partial charge in [-0.1, -0.05) is 19.2 Å². The maximum atomic E-state index is 11.3. The zero-order valence-electron chi connectivity index (χ0n) is 11.0. The van der Waals surface area contributed by atoms with Crippen LogP contribution in [0.1, 0.15) is 29.1 Å². The van der Waals surface area contributed by atoms with Crippen molar-refractivity contribution < 1.29 is 15.7 Å². The lowest BCUT2D eigenvalue weighted by Gasteiger charge is -2.19. The number of hydrogen-bond donors (Lipinski definition) is 1. The highest BCUT2D eigenvalue weighted by Crippen LogP contribution is 2.06. The molecule has 0 saturated heterocycles. The van der Waals surface area contributed by atoms with Crippen molar-refractivity contribution in [3.05, 3.63) is 36.8 Å². The molecule has 0 atom stereocenters. The first-order chi connectivity index (χ1) is 7.74. The van der Waals surface area contributed by atoms with Gasteiger partial charge in [0, 0.05) is 1.43 Å². The van der Waals surface area contributed by atoms with Crippen LogP contribution in [0.2, 0.25) is 0 Å². The van der Waals surface area contributed by atoms with Crippen LogP contribution < -0.4 is 5.32 Å². The maximum absolute atomic E-state index is 11.3. The normalized spacial score (nSPS) is 11.6. The van der Waals surface area contributed by atoms with E-state index in [1.807, 2.05) is 6.92 Å². The Morgan fingerprint density at radius 1 is 1.47 bits per heavy atom. The van der Waals surface area contributed by atoms with Crippen molar-refractivity contribution >= 4 is 6.09 Å². The maximum Gasteiger partial charge on any atom is 0.408 e. The van der Waals surface area contributed by atoms with Gasteiger partial charge in [-0.05, 0) is 33.3 Å². The van der Waals surface area contributed by atoms with Gasteiger partial charge in [0.2, 0.25) is 0 Å². The number of alkyl carbamates (subject to hydrolysis) is 1. The van der Waals surface area contributed by atoms with Gasteiger partial charge >= 0.3 is 6.09 Å². The highest BCUT2D eigenvalue weighted by atomic mass is 16.6. The van der Waals surface area contributed by atoms with Crippen molar-refractivity contribution in [1.29, 1.82) is 0 Å². The Labute approximate surface area is 104 Å². The minimum Gasteiger partial charge on any atom is -0.468 e. The molecule has 0 aromatic carbocycles. The van der Waals surface area contributed by atoms with E-state index in [2.05, 4.69) is 18.5 Å². The molecule has 4 nitrogen and oxygen atoms in total. The predicted molar refractivity (Wildman–Crippen MR) is 70.5 cm³/mol. The second-order valence-electron chi connectivity index (χ2n) is 4.58. The summed E-state index contributed by atoms with van der Waals surface area (Å²) in [6.07, 6.45) is 2.69. The molecule has 0 fully saturated rings. The molecular formula is C13H23NO3. The standard InChI is InChI=1S/C13H21NO3.H2/c1-7-10(2)9-16-11(3)8-14-12(15)17-13(4,5)6;/h7,9H,1,3,8H2,2,4-6H3,(H,14,15);1H. The van der Waals surface area contributed by atoms with Crippen molar-refractivity contribution in [2.75, 3.05) is 6.54 Å². The minimum atomic E-state index is -0.508. The Hall–Kier alpha value is -1.71. The summed E-state index contributed by atoms with van der Waals surface area (Å²) >= 11 is 0. The van der Waals surface area contributed by atoms with Gasteiger partial charge in [-0.3, -0.25) is 0 Å². The van der Waals surface area contributed by atoms with E-state index >= 15 is 0 Å². The molecule has 0 aliphatic carbocycles. The number of amides is 1. The summed E-state index contributed by atoms with van der Waals surface area (Å²) in [5.41, 5.74) is 0.370. The van der Waals surface area contributed by atoms with Crippen LogP contribution in [0, 0.1) is 0 Å². The van der Waals surface area contributed by atoms with Crippen LogP contribution in [0.3, 0.4) is 0 Å². The highest BCUT2D eigenvalue weighted by molar-refractivity contribution is 5.67. The van der Waals surface area contributed by atoms with E-state index in [4.69, 9.17) is 9.47 Å². The van der Waals surface area contributed by atoms with Crippen LogP contribution in [0.25, 0.3) is 0 Å². The third kappa shape index (κ3) is 9.23. The molecule has 1 N–H and O–H groups in total. The third-order valence-corrected chi connectivity index (χ3v) is 1.56. The number of carbonyl (C=O) groups excluding carboxylic acids is 1. The van der Waals surface area contributed by atoms with E-state index in [0.717, 1.165) is 5.57 Å². The summed E-state index contributed by atoms with van der Waals surface area (Å²) in [6.45, 7) is 14.7. The number of rotatable bonds is 5. The van der Waals surface area contributed by atoms with Gasteiger partial charge in [0.15, 0.2) is 0 Å². The van der Waals surface area contributed by atoms with Crippen LogP contribution in [-0.2, 0) is 9.47 Å². The molecule has 17 heavy (non-hydrogen) atoms. The molecule has 4 heteroatoms. The first-order valence-electron chi connectivity index (χ1n) is 5.35. The summed E-state index contributed by atoms with van der Waals surface area (Å²) in [7, 11) is 0. The monoisotopic (exact) mass is 241 g/mol. The smallest absolute Gasteiger partial charge is 0.408 e. The van der Waals surface area contributed by atoms with E-state index in [0.29, 0.717) is 5.76 Å². The Morgan fingerprint density at radius 3 is 2.53 bits per heavy atom. The summed E-state index contributed by atoms with van der Waals surface area (Å²) in [6, 6.07) is 0. The average Bonchev–Trinajstić information content (AvgIpc) is 2.20. The first-order valence-corrected chi connectivity index (χ1v) is 5.35. The number of nitrogens with one attached hydrogen (secondary N) is 1. The van der Waals surface area contributed by atoms with Crippen LogP contribution in [-0.4, -0.2) is 18.2 Å². The lowest BCUT2D eigenvalue weighted by molar-refractivity contribution is 0.0526. The summed E-state index contributed by atoms with van der Waals surface area (Å²) in [5.74, 6) is 0.428. The zero-order valence-corrected chi connectivity index (χ0v) is 11.0. The summed E-state index contributed by atoms with van der Waals surface area (Å²) in [4.78, 5) is 11.3. The summed E-state index contributed by atoms with van der Waals surface area (Å²) < 4.78 is 10.2. The molecule has 0 radical (unpaired) electrons. The minimum absolute atomic E-state index is 0. The Morgan fingerprint density at radius 2 is 2.06 bits per heavy atom. The number of carbonyl (C=O) groups is 1. The molecule has 0 aromatic rings. The van der Waals surface area contributed by atoms with E-state index in [1.54, 1.807) is 26.8 Å². The number of allylic oxidation sites excluding steroid dienone is 2. The average molecular weight is 241 g/mol. The molecule has 0 heterocycles. The van der Waals surface area contributed by atoms with Gasteiger partial charge in [-0.15, -0.1) is 0 Å². The van der Waals surface area contributed by atoms with Crippen LogP contribution in [0.4, 0.5) is 4.79 Å². The fourth-order valence-corrected chi connectivity index (χ4v) is 0.751. The van der Waals surface area contributed by atoms with Crippen molar-refractivity contribution in [2.24, 2.45) is 0 Å². The predicted octanol–water partition coefficient (Wildman–Crippen LogP) is 3.38. The van der Waals surface area contributed by atoms with Gasteiger partial charge in [0.1, 0.15) is 11.4 Å². The molecule has 0 aromatic heterocycles. The fraction of sp³-hybridized carbons (Fsp3) is 0.462. The van der Waals surface area contributed by atoms with Gasteiger partial charge in [0.05, 0.1) is 12.8 Å². The van der Waals surface area contributed by atoms with Gasteiger partial charge in [-0.25, -0.2) is 4.79 Å². The second kappa shape index (κ2) is 6.78. The van der Waals surface area contributed by atoms with Gasteiger partial charge in [-0.2, -0.15) is 0 Å². The number of ether oxygens (including phenoxy) is 2. The van der Waals surface area contributed by atoms with Crippen molar-refractivity contribution in [1.82, 2.24) is 5.32 Å². The second-order valence-corrected chi connectivity index (χ2v) is 4.58. The Balaban J connectivity index is 0. The fourth-order valence-electron chi connectivity index (χ4n) is 0.751. The van der Waals surface area contributed by atoms with Gasteiger partial charge < -0.3 is 14.8 Å². The van der Waals surface area contributed by atoms with E-state index in [-0.39, 0.29) is 7.97 Å². The van der Waals surface area contributed by atoms with Gasteiger partial charge in [0.25, 0.3) is 0 Å². The van der Waals surface area contributed by atoms with E-state index < -0.39 is 11.7 Å². The lowest BCUT2D eigenvalue weighted by Crippen LogP contribution is -2.33. The van der Waals surface area contributed by atoms with Crippen molar-refractivity contribution in [3.8, 4) is 0 Å². The molecule has 1 amide bonds.